The van der Waals surface area contributed by atoms with Gasteiger partial charge in [0.05, 0.1) is 13.2 Å². The largest absolute Gasteiger partial charge is 0.497 e. The number of likely N-dealkylation sites (N-methyl/N-ethyl adjacent to an activating group) is 1. The van der Waals surface area contributed by atoms with Gasteiger partial charge in [0.15, 0.2) is 0 Å². The molecule has 112 valence electrons. The lowest BCUT2D eigenvalue weighted by Crippen LogP contribution is -2.30. The maximum absolute atomic E-state index is 12.0. The van der Waals surface area contributed by atoms with Gasteiger partial charge in [0.1, 0.15) is 5.75 Å². The third-order valence-corrected chi connectivity index (χ3v) is 3.48. The first-order valence-electron chi connectivity index (χ1n) is 7.18. The van der Waals surface area contributed by atoms with E-state index in [1.165, 1.54) is 0 Å². The van der Waals surface area contributed by atoms with Gasteiger partial charge in [0.25, 0.3) is 5.56 Å². The number of pyridine rings is 1. The molecule has 1 atom stereocenters. The topological polar surface area (TPSA) is 43.3 Å². The van der Waals surface area contributed by atoms with Crippen LogP contribution in [0.15, 0.2) is 47.4 Å². The molecule has 1 aromatic carbocycles. The molecule has 0 spiro atoms. The maximum Gasteiger partial charge on any atom is 0.250 e. The Labute approximate surface area is 125 Å². The van der Waals surface area contributed by atoms with Gasteiger partial charge in [0, 0.05) is 18.8 Å². The van der Waals surface area contributed by atoms with E-state index in [-0.39, 0.29) is 11.6 Å². The Kier molecular flexibility index (Phi) is 5.17. The van der Waals surface area contributed by atoms with Crippen molar-refractivity contribution >= 4 is 0 Å². The van der Waals surface area contributed by atoms with Crippen LogP contribution in [0.3, 0.4) is 0 Å². The number of hydrogen-bond acceptors (Lipinski definition) is 3. The number of nitrogens with one attached hydrogen (secondary N) is 1. The number of hydrogen-bond donors (Lipinski definition) is 1. The summed E-state index contributed by atoms with van der Waals surface area (Å²) in [5.41, 5.74) is 2.13. The highest BCUT2D eigenvalue weighted by atomic mass is 16.5. The zero-order chi connectivity index (χ0) is 15.2. The quantitative estimate of drug-likeness (QED) is 0.887. The van der Waals surface area contributed by atoms with Crippen molar-refractivity contribution in [3.05, 3.63) is 64.1 Å². The first-order chi connectivity index (χ1) is 10.1. The zero-order valence-corrected chi connectivity index (χ0v) is 12.8. The molecule has 1 N–H and O–H groups in total. The van der Waals surface area contributed by atoms with Crippen molar-refractivity contribution in [2.75, 3.05) is 13.7 Å². The van der Waals surface area contributed by atoms with E-state index in [9.17, 15) is 4.79 Å². The van der Waals surface area contributed by atoms with Gasteiger partial charge in [-0.25, -0.2) is 0 Å². The number of methoxy groups -OCH3 is 1. The normalized spacial score (nSPS) is 12.1. The molecule has 2 rings (SSSR count). The standard InChI is InChI=1S/C17H22N2O2/c1-4-18-16(14-6-5-7-15(11-14)21-3)12-19-9-8-13(2)10-17(19)20/h5-11,16,18H,4,12H2,1-3H3. The molecule has 0 saturated heterocycles. The average molecular weight is 286 g/mol. The maximum atomic E-state index is 12.0. The van der Waals surface area contributed by atoms with Crippen LogP contribution in [0.2, 0.25) is 0 Å². The fourth-order valence-electron chi connectivity index (χ4n) is 2.35. The van der Waals surface area contributed by atoms with E-state index >= 15 is 0 Å². The second-order valence-electron chi connectivity index (χ2n) is 5.08. The summed E-state index contributed by atoms with van der Waals surface area (Å²) < 4.78 is 7.01. The van der Waals surface area contributed by atoms with Crippen LogP contribution in [0, 0.1) is 6.92 Å². The van der Waals surface area contributed by atoms with Crippen molar-refractivity contribution in [2.24, 2.45) is 0 Å². The smallest absolute Gasteiger partial charge is 0.250 e. The van der Waals surface area contributed by atoms with Gasteiger partial charge in [-0.3, -0.25) is 4.79 Å². The summed E-state index contributed by atoms with van der Waals surface area (Å²) in [4.78, 5) is 12.0. The Morgan fingerprint density at radius 2 is 2.10 bits per heavy atom. The van der Waals surface area contributed by atoms with Crippen LogP contribution >= 0.6 is 0 Å². The second kappa shape index (κ2) is 7.09. The van der Waals surface area contributed by atoms with Crippen LogP contribution in [0.1, 0.15) is 24.1 Å². The van der Waals surface area contributed by atoms with E-state index in [0.717, 1.165) is 23.4 Å². The Bertz CT molecular complexity index is 649. The summed E-state index contributed by atoms with van der Waals surface area (Å²) in [6.07, 6.45) is 1.85. The lowest BCUT2D eigenvalue weighted by Gasteiger charge is -2.20. The zero-order valence-electron chi connectivity index (χ0n) is 12.8. The van der Waals surface area contributed by atoms with Crippen LogP contribution in [0.25, 0.3) is 0 Å². The van der Waals surface area contributed by atoms with E-state index in [1.807, 2.05) is 37.4 Å². The van der Waals surface area contributed by atoms with Gasteiger partial charge in [0.2, 0.25) is 0 Å². The molecule has 0 amide bonds. The highest BCUT2D eigenvalue weighted by Gasteiger charge is 2.12. The summed E-state index contributed by atoms with van der Waals surface area (Å²) in [5, 5.41) is 3.43. The van der Waals surface area contributed by atoms with Crippen molar-refractivity contribution < 1.29 is 4.74 Å². The van der Waals surface area contributed by atoms with E-state index in [0.29, 0.717) is 6.54 Å². The number of ether oxygens (including phenoxy) is 1. The van der Waals surface area contributed by atoms with Gasteiger partial charge >= 0.3 is 0 Å². The van der Waals surface area contributed by atoms with Gasteiger partial charge in [-0.2, -0.15) is 0 Å². The molecule has 1 unspecified atom stereocenters. The number of nitrogens with zero attached hydrogens (tertiary/aromatic N) is 1. The third kappa shape index (κ3) is 3.95. The van der Waals surface area contributed by atoms with Gasteiger partial charge in [-0.15, -0.1) is 0 Å². The van der Waals surface area contributed by atoms with Gasteiger partial charge in [-0.05, 0) is 42.8 Å². The van der Waals surface area contributed by atoms with Crippen LogP contribution in [0.5, 0.6) is 5.75 Å². The molecule has 2 aromatic rings. The molecule has 4 heteroatoms. The Balaban J connectivity index is 2.28. The molecule has 4 nitrogen and oxygen atoms in total. The van der Waals surface area contributed by atoms with Crippen LogP contribution in [-0.4, -0.2) is 18.2 Å². The number of rotatable bonds is 6. The molecule has 0 radical (unpaired) electrons. The molecular formula is C17H22N2O2. The molecule has 0 aliphatic rings. The van der Waals surface area contributed by atoms with E-state index in [4.69, 9.17) is 4.74 Å². The second-order valence-corrected chi connectivity index (χ2v) is 5.08. The van der Waals surface area contributed by atoms with Crippen molar-refractivity contribution in [3.63, 3.8) is 0 Å². The van der Waals surface area contributed by atoms with Gasteiger partial charge in [-0.1, -0.05) is 19.1 Å². The highest BCUT2D eigenvalue weighted by Crippen LogP contribution is 2.20. The summed E-state index contributed by atoms with van der Waals surface area (Å²) in [6, 6.07) is 11.6. The molecule has 1 heterocycles. The van der Waals surface area contributed by atoms with Crippen LogP contribution < -0.4 is 15.6 Å². The molecule has 0 aliphatic carbocycles. The molecule has 0 fully saturated rings. The van der Waals surface area contributed by atoms with Crippen molar-refractivity contribution in [1.29, 1.82) is 0 Å². The number of aryl methyl sites for hydroxylation is 1. The fraction of sp³-hybridized carbons (Fsp3) is 0.353. The number of benzene rings is 1. The Morgan fingerprint density at radius 3 is 2.76 bits per heavy atom. The van der Waals surface area contributed by atoms with Crippen molar-refractivity contribution in [2.45, 2.75) is 26.4 Å². The predicted molar refractivity (Wildman–Crippen MR) is 84.9 cm³/mol. The van der Waals surface area contributed by atoms with Crippen LogP contribution in [-0.2, 0) is 6.54 Å². The minimum Gasteiger partial charge on any atom is -0.497 e. The van der Waals surface area contributed by atoms with E-state index in [2.05, 4.69) is 18.3 Å². The first-order valence-corrected chi connectivity index (χ1v) is 7.18. The van der Waals surface area contributed by atoms with Crippen molar-refractivity contribution in [1.82, 2.24) is 9.88 Å². The Morgan fingerprint density at radius 1 is 1.29 bits per heavy atom. The molecule has 0 aliphatic heterocycles. The molecular weight excluding hydrogens is 264 g/mol. The van der Waals surface area contributed by atoms with E-state index in [1.54, 1.807) is 17.7 Å². The van der Waals surface area contributed by atoms with Crippen LogP contribution in [0.4, 0.5) is 0 Å². The minimum absolute atomic E-state index is 0.0285. The summed E-state index contributed by atoms with van der Waals surface area (Å²) in [5.74, 6) is 0.826. The average Bonchev–Trinajstić information content (AvgIpc) is 2.49. The molecule has 1 aromatic heterocycles. The molecule has 0 saturated carbocycles. The molecule has 0 bridgehead atoms. The highest BCUT2D eigenvalue weighted by molar-refractivity contribution is 5.30. The summed E-state index contributed by atoms with van der Waals surface area (Å²) in [7, 11) is 1.66. The minimum atomic E-state index is 0.0285. The van der Waals surface area contributed by atoms with Crippen molar-refractivity contribution in [3.8, 4) is 5.75 Å². The summed E-state index contributed by atoms with van der Waals surface area (Å²) >= 11 is 0. The fourth-order valence-corrected chi connectivity index (χ4v) is 2.35. The third-order valence-electron chi connectivity index (χ3n) is 3.48. The van der Waals surface area contributed by atoms with E-state index < -0.39 is 0 Å². The molecule has 21 heavy (non-hydrogen) atoms. The van der Waals surface area contributed by atoms with Gasteiger partial charge < -0.3 is 14.6 Å². The first kappa shape index (κ1) is 15.3. The predicted octanol–water partition coefficient (Wildman–Crippen LogP) is 2.52. The lowest BCUT2D eigenvalue weighted by atomic mass is 10.1. The number of aromatic nitrogens is 1. The lowest BCUT2D eigenvalue weighted by molar-refractivity contribution is 0.411. The SMILES string of the molecule is CCNC(Cn1ccc(C)cc1=O)c1cccc(OC)c1. The summed E-state index contributed by atoms with van der Waals surface area (Å²) in [6.45, 7) is 5.42. The monoisotopic (exact) mass is 286 g/mol. The Hall–Kier alpha value is -2.07.